The highest BCUT2D eigenvalue weighted by molar-refractivity contribution is 5.50. The van der Waals surface area contributed by atoms with E-state index in [1.165, 1.54) is 6.07 Å². The SMILES string of the molecule is COc1cccc(N(C)CC(N)c2ccc(F)c(F)c2)c1. The highest BCUT2D eigenvalue weighted by Gasteiger charge is 2.13. The average Bonchev–Trinajstić information content (AvgIpc) is 2.49. The Morgan fingerprint density at radius 3 is 2.57 bits per heavy atom. The largest absolute Gasteiger partial charge is 0.497 e. The Hall–Kier alpha value is -2.14. The van der Waals surface area contributed by atoms with E-state index < -0.39 is 17.7 Å². The Balaban J connectivity index is 2.10. The lowest BCUT2D eigenvalue weighted by Gasteiger charge is -2.24. The van der Waals surface area contributed by atoms with Gasteiger partial charge in [0.25, 0.3) is 0 Å². The number of likely N-dealkylation sites (N-methyl/N-ethyl adjacent to an activating group) is 1. The first-order chi connectivity index (χ1) is 10.0. The molecule has 2 aromatic rings. The predicted octanol–water partition coefficient (Wildman–Crippen LogP) is 3.11. The van der Waals surface area contributed by atoms with E-state index in [9.17, 15) is 8.78 Å². The van der Waals surface area contributed by atoms with Crippen molar-refractivity contribution in [2.24, 2.45) is 5.73 Å². The molecule has 0 spiro atoms. The maximum Gasteiger partial charge on any atom is 0.159 e. The molecule has 0 aliphatic rings. The summed E-state index contributed by atoms with van der Waals surface area (Å²) in [6.07, 6.45) is 0. The van der Waals surface area contributed by atoms with Crippen LogP contribution in [0.4, 0.5) is 14.5 Å². The summed E-state index contributed by atoms with van der Waals surface area (Å²) in [5, 5.41) is 0. The fraction of sp³-hybridized carbons (Fsp3) is 0.250. The van der Waals surface area contributed by atoms with Crippen LogP contribution in [0.1, 0.15) is 11.6 Å². The average molecular weight is 292 g/mol. The molecule has 21 heavy (non-hydrogen) atoms. The number of hydrogen-bond acceptors (Lipinski definition) is 3. The van der Waals surface area contributed by atoms with Crippen molar-refractivity contribution >= 4 is 5.69 Å². The topological polar surface area (TPSA) is 38.5 Å². The Kier molecular flexibility index (Phi) is 4.75. The zero-order valence-corrected chi connectivity index (χ0v) is 12.0. The molecule has 0 radical (unpaired) electrons. The van der Waals surface area contributed by atoms with Gasteiger partial charge in [0.1, 0.15) is 5.75 Å². The molecule has 0 aromatic heterocycles. The summed E-state index contributed by atoms with van der Waals surface area (Å²) in [5.74, 6) is -1.00. The number of nitrogens with zero attached hydrogens (tertiary/aromatic N) is 1. The van der Waals surface area contributed by atoms with E-state index in [2.05, 4.69) is 0 Å². The molecule has 0 saturated carbocycles. The van der Waals surface area contributed by atoms with Crippen molar-refractivity contribution in [3.63, 3.8) is 0 Å². The smallest absolute Gasteiger partial charge is 0.159 e. The van der Waals surface area contributed by atoms with Crippen LogP contribution < -0.4 is 15.4 Å². The zero-order valence-electron chi connectivity index (χ0n) is 12.0. The Bertz CT molecular complexity index is 619. The highest BCUT2D eigenvalue weighted by Crippen LogP contribution is 2.22. The molecule has 5 heteroatoms. The quantitative estimate of drug-likeness (QED) is 0.920. The van der Waals surface area contributed by atoms with E-state index in [4.69, 9.17) is 10.5 Å². The first kappa shape index (κ1) is 15.3. The zero-order chi connectivity index (χ0) is 15.4. The van der Waals surface area contributed by atoms with Crippen molar-refractivity contribution in [3.8, 4) is 5.75 Å². The van der Waals surface area contributed by atoms with E-state index in [0.29, 0.717) is 12.1 Å². The fourth-order valence-corrected chi connectivity index (χ4v) is 2.10. The molecular formula is C16H18F2N2O. The van der Waals surface area contributed by atoms with Gasteiger partial charge >= 0.3 is 0 Å². The van der Waals surface area contributed by atoms with Crippen LogP contribution in [0.2, 0.25) is 0 Å². The van der Waals surface area contributed by atoms with E-state index >= 15 is 0 Å². The minimum absolute atomic E-state index is 0.420. The lowest BCUT2D eigenvalue weighted by atomic mass is 10.1. The van der Waals surface area contributed by atoms with Gasteiger partial charge in [0, 0.05) is 31.4 Å². The summed E-state index contributed by atoms with van der Waals surface area (Å²) in [5.41, 5.74) is 7.56. The number of rotatable bonds is 5. The first-order valence-corrected chi connectivity index (χ1v) is 6.57. The molecule has 0 aliphatic heterocycles. The maximum atomic E-state index is 13.2. The lowest BCUT2D eigenvalue weighted by Crippen LogP contribution is -2.29. The summed E-state index contributed by atoms with van der Waals surface area (Å²) in [7, 11) is 3.49. The summed E-state index contributed by atoms with van der Waals surface area (Å²) in [4.78, 5) is 1.94. The number of benzene rings is 2. The van der Waals surface area contributed by atoms with Gasteiger partial charge in [0.05, 0.1) is 7.11 Å². The molecule has 0 heterocycles. The predicted molar refractivity (Wildman–Crippen MR) is 79.6 cm³/mol. The van der Waals surface area contributed by atoms with Gasteiger partial charge in [-0.3, -0.25) is 0 Å². The van der Waals surface area contributed by atoms with Gasteiger partial charge in [0.15, 0.2) is 11.6 Å². The summed E-state index contributed by atoms with van der Waals surface area (Å²) in [6, 6.07) is 10.9. The molecular weight excluding hydrogens is 274 g/mol. The summed E-state index contributed by atoms with van der Waals surface area (Å²) < 4.78 is 31.3. The van der Waals surface area contributed by atoms with Crippen molar-refractivity contribution in [1.29, 1.82) is 0 Å². The lowest BCUT2D eigenvalue weighted by molar-refractivity contribution is 0.415. The van der Waals surface area contributed by atoms with Crippen LogP contribution >= 0.6 is 0 Å². The van der Waals surface area contributed by atoms with Crippen LogP contribution in [-0.4, -0.2) is 20.7 Å². The van der Waals surface area contributed by atoms with Gasteiger partial charge in [-0.15, -0.1) is 0 Å². The van der Waals surface area contributed by atoms with Crippen molar-refractivity contribution in [2.75, 3.05) is 25.6 Å². The molecule has 0 aliphatic carbocycles. The third-order valence-electron chi connectivity index (χ3n) is 3.34. The fourth-order valence-electron chi connectivity index (χ4n) is 2.10. The van der Waals surface area contributed by atoms with Crippen LogP contribution in [0.15, 0.2) is 42.5 Å². The maximum absolute atomic E-state index is 13.2. The van der Waals surface area contributed by atoms with Gasteiger partial charge in [-0.05, 0) is 29.8 Å². The minimum atomic E-state index is -0.882. The van der Waals surface area contributed by atoms with Crippen LogP contribution in [0.25, 0.3) is 0 Å². The normalized spacial score (nSPS) is 12.0. The second-order valence-electron chi connectivity index (χ2n) is 4.86. The number of hydrogen-bond donors (Lipinski definition) is 1. The highest BCUT2D eigenvalue weighted by atomic mass is 19.2. The number of anilines is 1. The molecule has 1 atom stereocenters. The third-order valence-corrected chi connectivity index (χ3v) is 3.34. The standard InChI is InChI=1S/C16H18F2N2O/c1-20(12-4-3-5-13(9-12)21-2)10-16(19)11-6-7-14(17)15(18)8-11/h3-9,16H,10,19H2,1-2H3. The van der Waals surface area contributed by atoms with Crippen molar-refractivity contribution in [2.45, 2.75) is 6.04 Å². The molecule has 2 rings (SSSR count). The molecule has 0 amide bonds. The molecule has 2 aromatic carbocycles. The number of ether oxygens (including phenoxy) is 1. The number of halogens is 2. The Labute approximate surface area is 122 Å². The second-order valence-corrected chi connectivity index (χ2v) is 4.86. The van der Waals surface area contributed by atoms with Gasteiger partial charge in [0.2, 0.25) is 0 Å². The van der Waals surface area contributed by atoms with Crippen LogP contribution in [0, 0.1) is 11.6 Å². The monoisotopic (exact) mass is 292 g/mol. The molecule has 2 N–H and O–H groups in total. The summed E-state index contributed by atoms with van der Waals surface area (Å²) >= 11 is 0. The number of nitrogens with two attached hydrogens (primary N) is 1. The molecule has 0 fully saturated rings. The third kappa shape index (κ3) is 3.70. The van der Waals surface area contributed by atoms with Crippen LogP contribution in [-0.2, 0) is 0 Å². The van der Waals surface area contributed by atoms with Crippen molar-refractivity contribution in [3.05, 3.63) is 59.7 Å². The van der Waals surface area contributed by atoms with E-state index in [-0.39, 0.29) is 0 Å². The van der Waals surface area contributed by atoms with Gasteiger partial charge in [-0.1, -0.05) is 12.1 Å². The van der Waals surface area contributed by atoms with Crippen LogP contribution in [0.5, 0.6) is 5.75 Å². The Morgan fingerprint density at radius 2 is 1.90 bits per heavy atom. The van der Waals surface area contributed by atoms with E-state index in [1.807, 2.05) is 36.2 Å². The Morgan fingerprint density at radius 1 is 1.14 bits per heavy atom. The van der Waals surface area contributed by atoms with E-state index in [1.54, 1.807) is 7.11 Å². The first-order valence-electron chi connectivity index (χ1n) is 6.57. The van der Waals surface area contributed by atoms with Crippen molar-refractivity contribution < 1.29 is 13.5 Å². The van der Waals surface area contributed by atoms with E-state index in [0.717, 1.165) is 23.6 Å². The molecule has 0 bridgehead atoms. The van der Waals surface area contributed by atoms with Gasteiger partial charge < -0.3 is 15.4 Å². The molecule has 112 valence electrons. The molecule has 3 nitrogen and oxygen atoms in total. The van der Waals surface area contributed by atoms with Gasteiger partial charge in [-0.2, -0.15) is 0 Å². The molecule has 0 saturated heterocycles. The van der Waals surface area contributed by atoms with Gasteiger partial charge in [-0.25, -0.2) is 8.78 Å². The minimum Gasteiger partial charge on any atom is -0.497 e. The second kappa shape index (κ2) is 6.54. The number of methoxy groups -OCH3 is 1. The summed E-state index contributed by atoms with van der Waals surface area (Å²) in [6.45, 7) is 0.470. The van der Waals surface area contributed by atoms with Crippen LogP contribution in [0.3, 0.4) is 0 Å². The van der Waals surface area contributed by atoms with Crippen molar-refractivity contribution in [1.82, 2.24) is 0 Å². The molecule has 1 unspecified atom stereocenters.